The molecule has 2 aliphatic rings. The van der Waals surface area contributed by atoms with Gasteiger partial charge in [0, 0.05) is 23.9 Å². The van der Waals surface area contributed by atoms with E-state index < -0.39 is 0 Å². The molecule has 0 radical (unpaired) electrons. The molecule has 7 nitrogen and oxygen atoms in total. The number of aromatic hydroxyl groups is 1. The van der Waals surface area contributed by atoms with Gasteiger partial charge in [-0.25, -0.2) is 10.9 Å². The number of carbonyl (C=O) groups excluding carboxylic acids is 1. The summed E-state index contributed by atoms with van der Waals surface area (Å²) in [4.78, 5) is 12.2. The zero-order chi connectivity index (χ0) is 18.1. The number of hydrazine groups is 1. The molecule has 7 heteroatoms. The minimum Gasteiger partial charge on any atom is -0.504 e. The summed E-state index contributed by atoms with van der Waals surface area (Å²) in [5.74, 6) is 0.516. The summed E-state index contributed by atoms with van der Waals surface area (Å²) in [5.41, 5.74) is 8.32. The number of nitrogens with one attached hydrogen (secondary N) is 4. The van der Waals surface area contributed by atoms with Crippen molar-refractivity contribution in [3.05, 3.63) is 54.1 Å². The minimum absolute atomic E-state index is 0.0128. The van der Waals surface area contributed by atoms with Gasteiger partial charge in [0.1, 0.15) is 0 Å². The lowest BCUT2D eigenvalue weighted by molar-refractivity contribution is -0.125. The van der Waals surface area contributed by atoms with Crippen LogP contribution in [0.4, 0.5) is 5.69 Å². The zero-order valence-corrected chi connectivity index (χ0v) is 14.4. The monoisotopic (exact) mass is 354 g/mol. The maximum atomic E-state index is 12.2. The van der Waals surface area contributed by atoms with Crippen LogP contribution in [0.1, 0.15) is 17.9 Å². The average Bonchev–Trinajstić information content (AvgIpc) is 3.04. The Balaban J connectivity index is 1.63. The molecule has 1 amide bonds. The van der Waals surface area contributed by atoms with E-state index in [4.69, 9.17) is 4.74 Å². The Morgan fingerprint density at radius 3 is 2.69 bits per heavy atom. The third kappa shape index (κ3) is 3.07. The number of hydrogen-bond donors (Lipinski definition) is 5. The smallest absolute Gasteiger partial charge is 0.221 e. The first kappa shape index (κ1) is 16.7. The predicted molar refractivity (Wildman–Crippen MR) is 97.6 cm³/mol. The molecule has 2 saturated heterocycles. The summed E-state index contributed by atoms with van der Waals surface area (Å²) >= 11 is 0. The number of phenols is 1. The maximum Gasteiger partial charge on any atom is 0.221 e. The standard InChI is InChI=1S/C19H22N4O3/c1-26-15-8-7-11(9-14(15)24)13-10-16(25)21-19-17(13)18(22-23-19)20-12-5-3-2-4-6-12/h2-9,13,17-20,22-24H,10H2,1H3,(H,21,25). The Labute approximate surface area is 151 Å². The highest BCUT2D eigenvalue weighted by Crippen LogP contribution is 2.40. The number of fused-ring (bicyclic) bond motifs is 1. The summed E-state index contributed by atoms with van der Waals surface area (Å²) in [5, 5.41) is 16.6. The van der Waals surface area contributed by atoms with Gasteiger partial charge in [0.05, 0.1) is 19.4 Å². The molecule has 4 rings (SSSR count). The highest BCUT2D eigenvalue weighted by molar-refractivity contribution is 5.78. The summed E-state index contributed by atoms with van der Waals surface area (Å²) in [6.07, 6.45) is 0.104. The third-order valence-corrected chi connectivity index (χ3v) is 5.08. The van der Waals surface area contributed by atoms with Crippen LogP contribution in [-0.2, 0) is 4.79 Å². The number of rotatable bonds is 4. The Morgan fingerprint density at radius 2 is 1.96 bits per heavy atom. The van der Waals surface area contributed by atoms with Crippen LogP contribution in [-0.4, -0.2) is 30.5 Å². The number of ether oxygens (including phenoxy) is 1. The van der Waals surface area contributed by atoms with Gasteiger partial charge in [-0.05, 0) is 29.8 Å². The summed E-state index contributed by atoms with van der Waals surface area (Å²) < 4.78 is 5.13. The molecule has 0 aromatic heterocycles. The van der Waals surface area contributed by atoms with E-state index in [1.165, 1.54) is 7.11 Å². The lowest BCUT2D eigenvalue weighted by Gasteiger charge is -2.36. The van der Waals surface area contributed by atoms with E-state index in [0.29, 0.717) is 12.2 Å². The van der Waals surface area contributed by atoms with Gasteiger partial charge in [0.2, 0.25) is 5.91 Å². The lowest BCUT2D eigenvalue weighted by Crippen LogP contribution is -2.53. The Kier molecular flexibility index (Phi) is 4.40. The van der Waals surface area contributed by atoms with Crippen LogP contribution in [0.15, 0.2) is 48.5 Å². The van der Waals surface area contributed by atoms with E-state index in [1.807, 2.05) is 36.4 Å². The quantitative estimate of drug-likeness (QED) is 0.571. The summed E-state index contributed by atoms with van der Waals surface area (Å²) in [6.45, 7) is 0. The second-order valence-electron chi connectivity index (χ2n) is 6.64. The van der Waals surface area contributed by atoms with E-state index in [2.05, 4.69) is 21.5 Å². The molecule has 2 aromatic carbocycles. The van der Waals surface area contributed by atoms with Crippen molar-refractivity contribution in [3.8, 4) is 11.5 Å². The van der Waals surface area contributed by atoms with Gasteiger partial charge in [-0.3, -0.25) is 4.79 Å². The number of carbonyl (C=O) groups is 1. The van der Waals surface area contributed by atoms with Crippen molar-refractivity contribution in [1.82, 2.24) is 16.2 Å². The molecule has 0 spiro atoms. The topological polar surface area (TPSA) is 94.7 Å². The van der Waals surface area contributed by atoms with E-state index >= 15 is 0 Å². The molecule has 2 aromatic rings. The van der Waals surface area contributed by atoms with Crippen molar-refractivity contribution in [3.63, 3.8) is 0 Å². The first-order valence-electron chi connectivity index (χ1n) is 8.64. The number of hydrogen-bond acceptors (Lipinski definition) is 6. The van der Waals surface area contributed by atoms with Crippen LogP contribution in [0.3, 0.4) is 0 Å². The normalized spacial score (nSPS) is 27.5. The molecule has 26 heavy (non-hydrogen) atoms. The van der Waals surface area contributed by atoms with Crippen LogP contribution < -0.4 is 26.2 Å². The number of methoxy groups -OCH3 is 1. The number of amides is 1. The van der Waals surface area contributed by atoms with E-state index in [0.717, 1.165) is 11.3 Å². The Bertz CT molecular complexity index is 799. The van der Waals surface area contributed by atoms with Crippen LogP contribution in [0.25, 0.3) is 0 Å². The highest BCUT2D eigenvalue weighted by Gasteiger charge is 2.46. The first-order chi connectivity index (χ1) is 12.7. The molecule has 0 aliphatic carbocycles. The average molecular weight is 354 g/mol. The van der Waals surface area contributed by atoms with Crippen LogP contribution >= 0.6 is 0 Å². The van der Waals surface area contributed by atoms with Crippen molar-refractivity contribution >= 4 is 11.6 Å². The molecule has 0 bridgehead atoms. The van der Waals surface area contributed by atoms with Gasteiger partial charge >= 0.3 is 0 Å². The van der Waals surface area contributed by atoms with Gasteiger partial charge in [-0.2, -0.15) is 0 Å². The number of anilines is 1. The van der Waals surface area contributed by atoms with Crippen molar-refractivity contribution < 1.29 is 14.6 Å². The van der Waals surface area contributed by atoms with Crippen molar-refractivity contribution in [2.75, 3.05) is 12.4 Å². The summed E-state index contributed by atoms with van der Waals surface area (Å²) in [6, 6.07) is 15.3. The highest BCUT2D eigenvalue weighted by atomic mass is 16.5. The number of phenolic OH excluding ortho intramolecular Hbond substituents is 1. The molecule has 5 N–H and O–H groups in total. The Hall–Kier alpha value is -2.77. The van der Waals surface area contributed by atoms with E-state index in [9.17, 15) is 9.90 Å². The predicted octanol–water partition coefficient (Wildman–Crippen LogP) is 1.49. The third-order valence-electron chi connectivity index (χ3n) is 5.08. The second kappa shape index (κ2) is 6.86. The fraction of sp³-hybridized carbons (Fsp3) is 0.316. The molecule has 4 unspecified atom stereocenters. The molecule has 2 aliphatic heterocycles. The van der Waals surface area contributed by atoms with Crippen molar-refractivity contribution in [2.45, 2.75) is 24.7 Å². The zero-order valence-electron chi connectivity index (χ0n) is 14.4. The molecule has 2 fully saturated rings. The summed E-state index contributed by atoms with van der Waals surface area (Å²) in [7, 11) is 1.52. The lowest BCUT2D eigenvalue weighted by atomic mass is 9.78. The van der Waals surface area contributed by atoms with Gasteiger partial charge in [0.15, 0.2) is 11.5 Å². The van der Waals surface area contributed by atoms with Crippen molar-refractivity contribution in [1.29, 1.82) is 0 Å². The van der Waals surface area contributed by atoms with Crippen LogP contribution in [0, 0.1) is 5.92 Å². The fourth-order valence-electron chi connectivity index (χ4n) is 3.85. The number of piperidine rings is 1. The largest absolute Gasteiger partial charge is 0.504 e. The van der Waals surface area contributed by atoms with Crippen LogP contribution in [0.5, 0.6) is 11.5 Å². The molecule has 4 atom stereocenters. The molecule has 0 saturated carbocycles. The number of para-hydroxylation sites is 1. The SMILES string of the molecule is COc1ccc(C2CC(=O)NC3NNC(Nc4ccccc4)C32)cc1O. The van der Waals surface area contributed by atoms with Crippen molar-refractivity contribution in [2.24, 2.45) is 5.92 Å². The number of benzene rings is 2. The molecular formula is C19H22N4O3. The van der Waals surface area contributed by atoms with E-state index in [-0.39, 0.29) is 35.8 Å². The fourth-order valence-corrected chi connectivity index (χ4v) is 3.85. The molecule has 136 valence electrons. The first-order valence-corrected chi connectivity index (χ1v) is 8.64. The van der Waals surface area contributed by atoms with Gasteiger partial charge in [0.25, 0.3) is 0 Å². The molecule has 2 heterocycles. The van der Waals surface area contributed by atoms with Gasteiger partial charge < -0.3 is 20.5 Å². The van der Waals surface area contributed by atoms with Gasteiger partial charge in [-0.1, -0.05) is 24.3 Å². The Morgan fingerprint density at radius 1 is 1.15 bits per heavy atom. The second-order valence-corrected chi connectivity index (χ2v) is 6.64. The maximum absolute atomic E-state index is 12.2. The van der Waals surface area contributed by atoms with Gasteiger partial charge in [-0.15, -0.1) is 0 Å². The van der Waals surface area contributed by atoms with Crippen LogP contribution in [0.2, 0.25) is 0 Å². The minimum atomic E-state index is -0.188. The molecular weight excluding hydrogens is 332 g/mol. The van der Waals surface area contributed by atoms with E-state index in [1.54, 1.807) is 12.1 Å².